The molecule has 152 valence electrons. The van der Waals surface area contributed by atoms with Crippen LogP contribution in [0.25, 0.3) is 5.52 Å². The number of rotatable bonds is 4. The second kappa shape index (κ2) is 7.68. The molecule has 3 aromatic heterocycles. The van der Waals surface area contributed by atoms with Gasteiger partial charge in [0, 0.05) is 62.4 Å². The van der Waals surface area contributed by atoms with Crippen LogP contribution in [0.4, 0.5) is 0 Å². The fourth-order valence-corrected chi connectivity index (χ4v) is 4.70. The lowest BCUT2D eigenvalue weighted by atomic mass is 9.95. The van der Waals surface area contributed by atoms with Gasteiger partial charge in [-0.05, 0) is 24.8 Å². The Kier molecular flexibility index (Phi) is 4.89. The van der Waals surface area contributed by atoms with E-state index in [1.165, 1.54) is 0 Å². The number of aromatic nitrogens is 5. The maximum Gasteiger partial charge on any atom is 0.274 e. The lowest BCUT2D eigenvalue weighted by Crippen LogP contribution is -2.22. The molecule has 0 unspecified atom stereocenters. The van der Waals surface area contributed by atoms with Crippen LogP contribution in [0.1, 0.15) is 48.9 Å². The fraction of sp³-hybridized carbons (Fsp3) is 0.524. The summed E-state index contributed by atoms with van der Waals surface area (Å²) in [6.07, 6.45) is 9.25. The average Bonchev–Trinajstić information content (AvgIpc) is 3.33. The molecular weight excluding hydrogens is 368 g/mol. The summed E-state index contributed by atoms with van der Waals surface area (Å²) in [5.41, 5.74) is 1.54. The molecular formula is C21H26N6O2. The molecule has 0 spiro atoms. The number of ether oxygens (including phenoxy) is 1. The van der Waals surface area contributed by atoms with Crippen molar-refractivity contribution in [3.63, 3.8) is 0 Å². The minimum atomic E-state index is -0.0645. The van der Waals surface area contributed by atoms with Crippen molar-refractivity contribution in [3.05, 3.63) is 58.6 Å². The standard InChI is InChI=1S/C21H26N6O2/c1-14-10-26(13-19-22-5-2-6-23-19)11-16(14)17-12-27-18(21(28)25-17)9-24-20(27)15-3-7-29-8-4-15/h2,5-6,9,12,14-16H,3-4,7-8,10-11,13H2,1H3,(H,25,28)/t14-,16-/m0/s1. The van der Waals surface area contributed by atoms with Gasteiger partial charge in [-0.2, -0.15) is 0 Å². The van der Waals surface area contributed by atoms with E-state index >= 15 is 0 Å². The number of hydrogen-bond donors (Lipinski definition) is 1. The van der Waals surface area contributed by atoms with Gasteiger partial charge in [-0.3, -0.25) is 14.1 Å². The summed E-state index contributed by atoms with van der Waals surface area (Å²) in [5, 5.41) is 0. The van der Waals surface area contributed by atoms with Gasteiger partial charge in [-0.1, -0.05) is 6.92 Å². The number of H-pyrrole nitrogens is 1. The van der Waals surface area contributed by atoms with Crippen LogP contribution in [0.15, 0.2) is 35.6 Å². The number of hydrogen-bond acceptors (Lipinski definition) is 6. The van der Waals surface area contributed by atoms with E-state index in [1.807, 2.05) is 10.5 Å². The number of likely N-dealkylation sites (tertiary alicyclic amines) is 1. The minimum Gasteiger partial charge on any atom is -0.381 e. The highest BCUT2D eigenvalue weighted by molar-refractivity contribution is 5.45. The Balaban J connectivity index is 1.43. The van der Waals surface area contributed by atoms with Gasteiger partial charge in [0.05, 0.1) is 12.7 Å². The Morgan fingerprint density at radius 3 is 2.76 bits per heavy atom. The average molecular weight is 394 g/mol. The highest BCUT2D eigenvalue weighted by Gasteiger charge is 2.32. The first-order valence-corrected chi connectivity index (χ1v) is 10.3. The summed E-state index contributed by atoms with van der Waals surface area (Å²) in [7, 11) is 0. The normalized spacial score (nSPS) is 23.8. The third-order valence-electron chi connectivity index (χ3n) is 6.24. The molecule has 0 amide bonds. The van der Waals surface area contributed by atoms with Gasteiger partial charge in [0.1, 0.15) is 17.2 Å². The third-order valence-corrected chi connectivity index (χ3v) is 6.24. The summed E-state index contributed by atoms with van der Waals surface area (Å²) in [4.78, 5) is 31.5. The smallest absolute Gasteiger partial charge is 0.274 e. The Bertz CT molecular complexity index is 1040. The highest BCUT2D eigenvalue weighted by atomic mass is 16.5. The van der Waals surface area contributed by atoms with E-state index in [1.54, 1.807) is 18.6 Å². The second-order valence-electron chi connectivity index (χ2n) is 8.24. The van der Waals surface area contributed by atoms with E-state index in [0.717, 1.165) is 63.0 Å². The Morgan fingerprint density at radius 2 is 1.97 bits per heavy atom. The maximum atomic E-state index is 12.8. The van der Waals surface area contributed by atoms with Crippen molar-refractivity contribution in [2.45, 2.75) is 38.1 Å². The first-order valence-electron chi connectivity index (χ1n) is 10.3. The Morgan fingerprint density at radius 1 is 1.17 bits per heavy atom. The van der Waals surface area contributed by atoms with Crippen LogP contribution in [-0.4, -0.2) is 55.5 Å². The van der Waals surface area contributed by atoms with Crippen LogP contribution in [0.2, 0.25) is 0 Å². The Labute approximate surface area is 169 Å². The van der Waals surface area contributed by atoms with E-state index in [9.17, 15) is 4.79 Å². The minimum absolute atomic E-state index is 0.0645. The summed E-state index contributed by atoms with van der Waals surface area (Å²) in [6, 6.07) is 1.83. The largest absolute Gasteiger partial charge is 0.381 e. The van der Waals surface area contributed by atoms with Crippen molar-refractivity contribution in [3.8, 4) is 0 Å². The zero-order chi connectivity index (χ0) is 19.8. The molecule has 2 atom stereocenters. The number of fused-ring (bicyclic) bond motifs is 1. The van der Waals surface area contributed by atoms with Gasteiger partial charge in [-0.15, -0.1) is 0 Å². The molecule has 0 saturated carbocycles. The van der Waals surface area contributed by atoms with Crippen LogP contribution in [0, 0.1) is 5.92 Å². The van der Waals surface area contributed by atoms with Gasteiger partial charge in [0.2, 0.25) is 0 Å². The van der Waals surface area contributed by atoms with Crippen LogP contribution < -0.4 is 5.56 Å². The van der Waals surface area contributed by atoms with Gasteiger partial charge < -0.3 is 9.72 Å². The fourth-order valence-electron chi connectivity index (χ4n) is 4.70. The first-order chi connectivity index (χ1) is 14.2. The molecule has 0 bridgehead atoms. The molecule has 5 rings (SSSR count). The lowest BCUT2D eigenvalue weighted by Gasteiger charge is -2.21. The number of nitrogens with zero attached hydrogens (tertiary/aromatic N) is 5. The zero-order valence-electron chi connectivity index (χ0n) is 16.6. The van der Waals surface area contributed by atoms with Gasteiger partial charge in [-0.25, -0.2) is 15.0 Å². The third kappa shape index (κ3) is 3.58. The van der Waals surface area contributed by atoms with Crippen LogP contribution in [0.5, 0.6) is 0 Å². The lowest BCUT2D eigenvalue weighted by molar-refractivity contribution is 0.0835. The quantitative estimate of drug-likeness (QED) is 0.728. The predicted molar refractivity (Wildman–Crippen MR) is 108 cm³/mol. The number of nitrogens with one attached hydrogen (secondary N) is 1. The topological polar surface area (TPSA) is 88.4 Å². The van der Waals surface area contributed by atoms with Crippen molar-refractivity contribution >= 4 is 5.52 Å². The van der Waals surface area contributed by atoms with Crippen LogP contribution >= 0.6 is 0 Å². The van der Waals surface area contributed by atoms with E-state index in [-0.39, 0.29) is 11.5 Å². The maximum absolute atomic E-state index is 12.8. The van der Waals surface area contributed by atoms with Crippen molar-refractivity contribution in [1.82, 2.24) is 29.2 Å². The van der Waals surface area contributed by atoms with E-state index in [0.29, 0.717) is 17.4 Å². The first kappa shape index (κ1) is 18.4. The summed E-state index contributed by atoms with van der Waals surface area (Å²) >= 11 is 0. The Hall–Kier alpha value is -2.58. The summed E-state index contributed by atoms with van der Waals surface area (Å²) < 4.78 is 7.51. The SMILES string of the molecule is C[C@H]1CN(Cc2ncccn2)C[C@@H]1c1cn2c(C3CCOCC3)ncc2c(=O)[nH]1. The van der Waals surface area contributed by atoms with Crippen molar-refractivity contribution in [2.75, 3.05) is 26.3 Å². The molecule has 0 aromatic carbocycles. The van der Waals surface area contributed by atoms with Crippen LogP contribution in [-0.2, 0) is 11.3 Å². The molecule has 0 aliphatic carbocycles. The monoisotopic (exact) mass is 394 g/mol. The predicted octanol–water partition coefficient (Wildman–Crippen LogP) is 1.94. The molecule has 3 aromatic rings. The van der Waals surface area contributed by atoms with Crippen molar-refractivity contribution in [2.24, 2.45) is 5.92 Å². The van der Waals surface area contributed by atoms with Gasteiger partial charge in [0.25, 0.3) is 5.56 Å². The van der Waals surface area contributed by atoms with E-state index in [2.05, 4.69) is 38.0 Å². The zero-order valence-corrected chi connectivity index (χ0v) is 16.6. The summed E-state index contributed by atoms with van der Waals surface area (Å²) in [5.74, 6) is 2.85. The molecule has 0 radical (unpaired) electrons. The number of aromatic amines is 1. The summed E-state index contributed by atoms with van der Waals surface area (Å²) in [6.45, 7) is 6.32. The van der Waals surface area contributed by atoms with Crippen molar-refractivity contribution in [1.29, 1.82) is 0 Å². The molecule has 8 heteroatoms. The molecule has 29 heavy (non-hydrogen) atoms. The molecule has 2 aliphatic heterocycles. The molecule has 2 saturated heterocycles. The van der Waals surface area contributed by atoms with Gasteiger partial charge >= 0.3 is 0 Å². The highest BCUT2D eigenvalue weighted by Crippen LogP contribution is 2.32. The van der Waals surface area contributed by atoms with Crippen LogP contribution in [0.3, 0.4) is 0 Å². The van der Waals surface area contributed by atoms with E-state index in [4.69, 9.17) is 4.74 Å². The molecule has 5 heterocycles. The van der Waals surface area contributed by atoms with Crippen molar-refractivity contribution < 1.29 is 4.74 Å². The molecule has 2 aliphatic rings. The number of imidazole rings is 1. The second-order valence-corrected chi connectivity index (χ2v) is 8.24. The van der Waals surface area contributed by atoms with E-state index < -0.39 is 0 Å². The molecule has 2 fully saturated rings. The molecule has 8 nitrogen and oxygen atoms in total. The molecule has 1 N–H and O–H groups in total. The van der Waals surface area contributed by atoms with Gasteiger partial charge in [0.15, 0.2) is 0 Å².